The number of nitrogens with one attached hydrogen (secondary N) is 1. The van der Waals surface area contributed by atoms with E-state index in [4.69, 9.17) is 5.14 Å². The van der Waals surface area contributed by atoms with Gasteiger partial charge in [0.2, 0.25) is 10.0 Å². The molecule has 0 saturated heterocycles. The fourth-order valence-electron chi connectivity index (χ4n) is 5.06. The summed E-state index contributed by atoms with van der Waals surface area (Å²) < 4.78 is 43.9. The third-order valence-corrected chi connectivity index (χ3v) is 8.03. The molecule has 4 rings (SSSR count). The summed E-state index contributed by atoms with van der Waals surface area (Å²) in [6.07, 6.45) is 0.868. The molecule has 0 aliphatic carbocycles. The molecule has 4 N–H and O–H groups in total. The molecule has 0 fully saturated rings. The highest BCUT2D eigenvalue weighted by molar-refractivity contribution is 7.89. The molecule has 1 heterocycles. The Labute approximate surface area is 266 Å². The van der Waals surface area contributed by atoms with Gasteiger partial charge in [-0.15, -0.1) is 0 Å². The summed E-state index contributed by atoms with van der Waals surface area (Å²) in [6, 6.07) is 19.9. The molecule has 0 aliphatic rings. The van der Waals surface area contributed by atoms with Gasteiger partial charge in [0.25, 0.3) is 5.91 Å². The summed E-state index contributed by atoms with van der Waals surface area (Å²) in [4.78, 5) is 38.5. The average Bonchev–Trinajstić information content (AvgIpc) is 3.36. The van der Waals surface area contributed by atoms with Crippen molar-refractivity contribution in [2.75, 3.05) is 12.4 Å². The summed E-state index contributed by atoms with van der Waals surface area (Å²) in [5, 5.41) is 18.3. The van der Waals surface area contributed by atoms with Crippen molar-refractivity contribution in [2.45, 2.75) is 43.7 Å². The molecule has 46 heavy (non-hydrogen) atoms. The number of anilines is 1. The number of amides is 1. The maximum absolute atomic E-state index is 14.2. The number of halogens is 1. The van der Waals surface area contributed by atoms with Crippen molar-refractivity contribution in [1.82, 2.24) is 4.57 Å². The van der Waals surface area contributed by atoms with Crippen LogP contribution < -0.4 is 10.5 Å². The standard InChI is InChI=1S/C34H34FN3O7S/c1-21(2)38-29(18-15-26(39)19-27(40)20-30(41)45-3)31(23-9-11-24(35)12-10-23)32(22-7-5-4-6-8-22)33(38)34(42)37-25-13-16-28(17-14-25)46(36,43)44/h4-18,21,27,40H,19-20H2,1-3H3,(H,37,42)(H2,36,43,44)/t27-/m1/s1. The number of rotatable bonds is 12. The van der Waals surface area contributed by atoms with Crippen molar-refractivity contribution < 1.29 is 37.0 Å². The van der Waals surface area contributed by atoms with E-state index in [0.29, 0.717) is 33.6 Å². The molecule has 0 spiro atoms. The summed E-state index contributed by atoms with van der Waals surface area (Å²) in [6.45, 7) is 3.72. The molecule has 0 radical (unpaired) electrons. The Hall–Kier alpha value is -4.91. The van der Waals surface area contributed by atoms with Crippen LogP contribution in [0.1, 0.15) is 48.9 Å². The molecule has 1 amide bonds. The van der Waals surface area contributed by atoms with Gasteiger partial charge in [-0.1, -0.05) is 42.5 Å². The second-order valence-corrected chi connectivity index (χ2v) is 12.3. The SMILES string of the molecule is COC(=O)C[C@H](O)CC(=O)C=Cc1c(-c2ccc(F)cc2)c(-c2ccccc2)c(C(=O)Nc2ccc(S(N)(=O)=O)cc2)n1C(C)C. The topological polar surface area (TPSA) is 158 Å². The van der Waals surface area contributed by atoms with Crippen LogP contribution in [0.3, 0.4) is 0 Å². The van der Waals surface area contributed by atoms with E-state index in [9.17, 15) is 32.3 Å². The molecule has 0 bridgehead atoms. The van der Waals surface area contributed by atoms with Gasteiger partial charge in [-0.3, -0.25) is 14.4 Å². The van der Waals surface area contributed by atoms with Crippen molar-refractivity contribution in [2.24, 2.45) is 5.14 Å². The van der Waals surface area contributed by atoms with E-state index < -0.39 is 39.6 Å². The van der Waals surface area contributed by atoms with Gasteiger partial charge in [0.1, 0.15) is 11.5 Å². The van der Waals surface area contributed by atoms with Gasteiger partial charge in [-0.05, 0) is 73.5 Å². The molecule has 0 unspecified atom stereocenters. The minimum absolute atomic E-state index is 0.117. The number of carbonyl (C=O) groups excluding carboxylic acids is 3. The highest BCUT2D eigenvalue weighted by atomic mass is 32.2. The Bertz CT molecular complexity index is 1870. The molecule has 1 atom stereocenters. The van der Waals surface area contributed by atoms with Crippen LogP contribution in [0.15, 0.2) is 89.8 Å². The Balaban J connectivity index is 1.92. The van der Waals surface area contributed by atoms with Crippen LogP contribution >= 0.6 is 0 Å². The number of aliphatic hydroxyl groups is 1. The molecule has 4 aromatic rings. The smallest absolute Gasteiger partial charge is 0.308 e. The van der Waals surface area contributed by atoms with Gasteiger partial charge in [0, 0.05) is 29.3 Å². The summed E-state index contributed by atoms with van der Waals surface area (Å²) in [5.41, 5.74) is 3.31. The minimum atomic E-state index is -3.94. The monoisotopic (exact) mass is 647 g/mol. The lowest BCUT2D eigenvalue weighted by Gasteiger charge is -2.17. The molecular weight excluding hydrogens is 613 g/mol. The largest absolute Gasteiger partial charge is 0.469 e. The van der Waals surface area contributed by atoms with E-state index in [2.05, 4.69) is 10.1 Å². The van der Waals surface area contributed by atoms with Crippen LogP contribution in [-0.4, -0.2) is 49.0 Å². The first-order valence-electron chi connectivity index (χ1n) is 14.3. The molecule has 0 saturated carbocycles. The molecule has 0 aliphatic heterocycles. The fourth-order valence-corrected chi connectivity index (χ4v) is 5.58. The molecule has 1 aromatic heterocycles. The maximum atomic E-state index is 14.2. The number of aliphatic hydroxyl groups excluding tert-OH is 1. The van der Waals surface area contributed by atoms with Crippen molar-refractivity contribution in [3.63, 3.8) is 0 Å². The number of ketones is 1. The Morgan fingerprint density at radius 1 is 0.935 bits per heavy atom. The second kappa shape index (κ2) is 14.5. The first-order valence-corrected chi connectivity index (χ1v) is 15.8. The first-order chi connectivity index (χ1) is 21.8. The summed E-state index contributed by atoms with van der Waals surface area (Å²) in [5.74, 6) is -2.11. The number of sulfonamides is 1. The Kier molecular flexibility index (Phi) is 10.7. The number of nitrogens with two attached hydrogens (primary N) is 1. The number of benzene rings is 3. The van der Waals surface area contributed by atoms with E-state index >= 15 is 0 Å². The lowest BCUT2D eigenvalue weighted by atomic mass is 9.94. The van der Waals surface area contributed by atoms with Gasteiger partial charge < -0.3 is 19.7 Å². The zero-order valence-corrected chi connectivity index (χ0v) is 26.3. The van der Waals surface area contributed by atoms with Crippen molar-refractivity contribution in [3.05, 3.63) is 102 Å². The summed E-state index contributed by atoms with van der Waals surface area (Å²) >= 11 is 0. The maximum Gasteiger partial charge on any atom is 0.308 e. The van der Waals surface area contributed by atoms with Crippen LogP contribution in [0.5, 0.6) is 0 Å². The molecule has 10 nitrogen and oxygen atoms in total. The van der Waals surface area contributed by atoms with E-state index in [1.165, 1.54) is 55.7 Å². The van der Waals surface area contributed by atoms with Crippen molar-refractivity contribution in [1.29, 1.82) is 0 Å². The number of aromatic nitrogens is 1. The Morgan fingerprint density at radius 2 is 1.54 bits per heavy atom. The number of hydrogen-bond acceptors (Lipinski definition) is 7. The number of ether oxygens (including phenoxy) is 1. The van der Waals surface area contributed by atoms with E-state index in [-0.39, 0.29) is 29.5 Å². The highest BCUT2D eigenvalue weighted by Crippen LogP contribution is 2.42. The third-order valence-electron chi connectivity index (χ3n) is 7.10. The Morgan fingerprint density at radius 3 is 2.11 bits per heavy atom. The number of esters is 1. The zero-order valence-electron chi connectivity index (χ0n) is 25.4. The number of carbonyl (C=O) groups is 3. The number of nitrogens with zero attached hydrogens (tertiary/aromatic N) is 1. The normalized spacial score (nSPS) is 12.3. The van der Waals surface area contributed by atoms with Crippen molar-refractivity contribution in [3.8, 4) is 22.3 Å². The zero-order chi connectivity index (χ0) is 33.6. The minimum Gasteiger partial charge on any atom is -0.469 e. The van der Waals surface area contributed by atoms with E-state index in [1.807, 2.05) is 44.2 Å². The highest BCUT2D eigenvalue weighted by Gasteiger charge is 2.29. The van der Waals surface area contributed by atoms with Crippen molar-refractivity contribution >= 4 is 39.4 Å². The molecule has 3 aromatic carbocycles. The van der Waals surface area contributed by atoms with Crippen LogP contribution in [0.4, 0.5) is 10.1 Å². The van der Waals surface area contributed by atoms with Crippen LogP contribution in [0.2, 0.25) is 0 Å². The van der Waals surface area contributed by atoms with E-state index in [0.717, 1.165) is 0 Å². The third kappa shape index (κ3) is 8.02. The summed E-state index contributed by atoms with van der Waals surface area (Å²) in [7, 11) is -2.76. The van der Waals surface area contributed by atoms with Gasteiger partial charge in [-0.2, -0.15) is 0 Å². The predicted molar refractivity (Wildman–Crippen MR) is 173 cm³/mol. The van der Waals surface area contributed by atoms with E-state index in [1.54, 1.807) is 16.7 Å². The number of hydrogen-bond donors (Lipinski definition) is 3. The van der Waals surface area contributed by atoms with Crippen LogP contribution in [-0.2, 0) is 24.3 Å². The molecule has 12 heteroatoms. The lowest BCUT2D eigenvalue weighted by molar-refractivity contribution is -0.143. The predicted octanol–water partition coefficient (Wildman–Crippen LogP) is 5.34. The fraction of sp³-hybridized carbons (Fsp3) is 0.206. The number of methoxy groups -OCH3 is 1. The lowest BCUT2D eigenvalue weighted by Crippen LogP contribution is -2.20. The van der Waals surface area contributed by atoms with Gasteiger partial charge in [0.05, 0.1) is 30.2 Å². The molecular formula is C34H34FN3O7S. The second-order valence-electron chi connectivity index (χ2n) is 10.8. The first kappa shape index (κ1) is 34.0. The van der Waals surface area contributed by atoms with Crippen LogP contribution in [0, 0.1) is 5.82 Å². The quantitative estimate of drug-likeness (QED) is 0.138. The van der Waals surface area contributed by atoms with Crippen LogP contribution in [0.25, 0.3) is 28.3 Å². The van der Waals surface area contributed by atoms with Gasteiger partial charge in [-0.25, -0.2) is 17.9 Å². The van der Waals surface area contributed by atoms with Gasteiger partial charge >= 0.3 is 5.97 Å². The molecule has 240 valence electrons. The average molecular weight is 648 g/mol. The van der Waals surface area contributed by atoms with Gasteiger partial charge in [0.15, 0.2) is 5.78 Å². The number of allylic oxidation sites excluding steroid dienone is 1. The number of primary sulfonamides is 1.